The second-order valence-corrected chi connectivity index (χ2v) is 5.64. The van der Waals surface area contributed by atoms with Crippen molar-refractivity contribution in [1.82, 2.24) is 5.32 Å². The lowest BCUT2D eigenvalue weighted by Crippen LogP contribution is -2.28. The Bertz CT molecular complexity index is 707. The minimum absolute atomic E-state index is 0.277. The van der Waals surface area contributed by atoms with Gasteiger partial charge in [0.15, 0.2) is 0 Å². The predicted molar refractivity (Wildman–Crippen MR) is 94.0 cm³/mol. The van der Waals surface area contributed by atoms with Crippen LogP contribution in [-0.4, -0.2) is 20.3 Å². The van der Waals surface area contributed by atoms with Crippen LogP contribution in [0.5, 0.6) is 11.5 Å². The van der Waals surface area contributed by atoms with E-state index >= 15 is 0 Å². The monoisotopic (exact) mass is 379 g/mol. The van der Waals surface area contributed by atoms with Gasteiger partial charge in [-0.3, -0.25) is 0 Å². The number of nitrogens with two attached hydrogens (primary N) is 1. The second kappa shape index (κ2) is 7.73. The highest BCUT2D eigenvalue weighted by molar-refractivity contribution is 9.10. The summed E-state index contributed by atoms with van der Waals surface area (Å²) in [7, 11) is 3.08. The molecule has 7 heteroatoms. The first-order valence-electron chi connectivity index (χ1n) is 6.84. The van der Waals surface area contributed by atoms with Crippen molar-refractivity contribution in [3.05, 3.63) is 46.4 Å². The van der Waals surface area contributed by atoms with Crippen molar-refractivity contribution in [3.8, 4) is 11.5 Å². The molecule has 0 saturated carbocycles. The van der Waals surface area contributed by atoms with Crippen molar-refractivity contribution in [2.75, 3.05) is 25.3 Å². The molecule has 2 aromatic rings. The summed E-state index contributed by atoms with van der Waals surface area (Å²) in [5.74, 6) is 1.13. The maximum atomic E-state index is 12.0. The maximum Gasteiger partial charge on any atom is 0.319 e. The van der Waals surface area contributed by atoms with Crippen LogP contribution in [0.15, 0.2) is 40.9 Å². The SMILES string of the molecule is COc1cc(CNC(=O)Nc2cccc(Br)c2)c(OC)cc1N. The largest absolute Gasteiger partial charge is 0.496 e. The lowest BCUT2D eigenvalue weighted by molar-refractivity contribution is 0.251. The van der Waals surface area contributed by atoms with Crippen molar-refractivity contribution >= 4 is 33.3 Å². The molecule has 122 valence electrons. The first-order valence-corrected chi connectivity index (χ1v) is 7.63. The Morgan fingerprint density at radius 1 is 1.17 bits per heavy atom. The number of hydrogen-bond acceptors (Lipinski definition) is 4. The van der Waals surface area contributed by atoms with E-state index in [0.717, 1.165) is 10.0 Å². The van der Waals surface area contributed by atoms with Gasteiger partial charge in [-0.2, -0.15) is 0 Å². The van der Waals surface area contributed by atoms with E-state index in [1.165, 1.54) is 7.11 Å². The standard InChI is InChI=1S/C16H18BrN3O3/c1-22-14-8-13(18)15(23-2)6-10(14)9-19-16(21)20-12-5-3-4-11(17)7-12/h3-8H,9,18H2,1-2H3,(H2,19,20,21). The summed E-state index contributed by atoms with van der Waals surface area (Å²) in [4.78, 5) is 12.0. The van der Waals surface area contributed by atoms with Gasteiger partial charge in [0, 0.05) is 28.3 Å². The molecule has 0 heterocycles. The summed E-state index contributed by atoms with van der Waals surface area (Å²) >= 11 is 3.36. The Morgan fingerprint density at radius 3 is 2.57 bits per heavy atom. The molecule has 0 aliphatic heterocycles. The number of benzene rings is 2. The summed E-state index contributed by atoms with van der Waals surface area (Å²) in [6.07, 6.45) is 0. The average molecular weight is 380 g/mol. The molecule has 4 N–H and O–H groups in total. The summed E-state index contributed by atoms with van der Waals surface area (Å²) < 4.78 is 11.4. The molecule has 0 aliphatic carbocycles. The molecular formula is C16H18BrN3O3. The van der Waals surface area contributed by atoms with Crippen molar-refractivity contribution in [2.45, 2.75) is 6.54 Å². The van der Waals surface area contributed by atoms with E-state index in [1.807, 2.05) is 18.2 Å². The molecule has 2 rings (SSSR count). The fraction of sp³-hybridized carbons (Fsp3) is 0.188. The lowest BCUT2D eigenvalue weighted by Gasteiger charge is -2.14. The van der Waals surface area contributed by atoms with Gasteiger partial charge >= 0.3 is 6.03 Å². The zero-order valence-electron chi connectivity index (χ0n) is 12.9. The van der Waals surface area contributed by atoms with Crippen molar-refractivity contribution in [2.24, 2.45) is 0 Å². The van der Waals surface area contributed by atoms with Crippen molar-refractivity contribution in [1.29, 1.82) is 0 Å². The fourth-order valence-electron chi connectivity index (χ4n) is 2.04. The molecule has 0 radical (unpaired) electrons. The number of urea groups is 1. The number of ether oxygens (including phenoxy) is 2. The highest BCUT2D eigenvalue weighted by atomic mass is 79.9. The minimum Gasteiger partial charge on any atom is -0.496 e. The molecule has 0 spiro atoms. The Hall–Kier alpha value is -2.41. The average Bonchev–Trinajstić information content (AvgIpc) is 2.53. The van der Waals surface area contributed by atoms with E-state index in [-0.39, 0.29) is 12.6 Å². The summed E-state index contributed by atoms with van der Waals surface area (Å²) in [6.45, 7) is 0.277. The van der Waals surface area contributed by atoms with Crippen LogP contribution in [0.4, 0.5) is 16.2 Å². The van der Waals surface area contributed by atoms with Crippen LogP contribution < -0.4 is 25.8 Å². The van der Waals surface area contributed by atoms with Gasteiger partial charge < -0.3 is 25.8 Å². The number of anilines is 2. The topological polar surface area (TPSA) is 85.6 Å². The number of hydrogen-bond donors (Lipinski definition) is 3. The van der Waals surface area contributed by atoms with Gasteiger partial charge in [-0.15, -0.1) is 0 Å². The minimum atomic E-state index is -0.319. The number of methoxy groups -OCH3 is 2. The Morgan fingerprint density at radius 2 is 1.91 bits per heavy atom. The normalized spacial score (nSPS) is 10.0. The van der Waals surface area contributed by atoms with Crippen LogP contribution in [-0.2, 0) is 6.54 Å². The number of carbonyl (C=O) groups is 1. The molecule has 2 aromatic carbocycles. The molecule has 0 saturated heterocycles. The predicted octanol–water partition coefficient (Wildman–Crippen LogP) is 3.37. The van der Waals surface area contributed by atoms with Crippen LogP contribution in [0.2, 0.25) is 0 Å². The number of nitrogen functional groups attached to an aromatic ring is 1. The van der Waals surface area contributed by atoms with Crippen molar-refractivity contribution in [3.63, 3.8) is 0 Å². The number of amides is 2. The summed E-state index contributed by atoms with van der Waals surface area (Å²) in [6, 6.07) is 10.4. The zero-order chi connectivity index (χ0) is 16.8. The van der Waals surface area contributed by atoms with Gasteiger partial charge in [-0.05, 0) is 24.3 Å². The molecule has 0 fully saturated rings. The highest BCUT2D eigenvalue weighted by Crippen LogP contribution is 2.30. The second-order valence-electron chi connectivity index (χ2n) is 4.72. The molecule has 0 atom stereocenters. The maximum absolute atomic E-state index is 12.0. The molecule has 6 nitrogen and oxygen atoms in total. The molecule has 0 bridgehead atoms. The fourth-order valence-corrected chi connectivity index (χ4v) is 2.44. The van der Waals surface area contributed by atoms with Crippen molar-refractivity contribution < 1.29 is 14.3 Å². The lowest BCUT2D eigenvalue weighted by atomic mass is 10.1. The van der Waals surface area contributed by atoms with Crippen LogP contribution in [0, 0.1) is 0 Å². The van der Waals surface area contributed by atoms with Gasteiger partial charge in [0.25, 0.3) is 0 Å². The van der Waals surface area contributed by atoms with Crippen LogP contribution in [0.3, 0.4) is 0 Å². The first kappa shape index (κ1) is 17.0. The Labute approximate surface area is 143 Å². The zero-order valence-corrected chi connectivity index (χ0v) is 14.4. The quantitative estimate of drug-likeness (QED) is 0.695. The smallest absolute Gasteiger partial charge is 0.319 e. The van der Waals surface area contributed by atoms with E-state index in [4.69, 9.17) is 15.2 Å². The highest BCUT2D eigenvalue weighted by Gasteiger charge is 2.10. The van der Waals surface area contributed by atoms with Crippen LogP contribution >= 0.6 is 15.9 Å². The number of carbonyl (C=O) groups excluding carboxylic acids is 1. The third kappa shape index (κ3) is 4.53. The van der Waals surface area contributed by atoms with Gasteiger partial charge in [-0.1, -0.05) is 22.0 Å². The Balaban J connectivity index is 2.03. The van der Waals surface area contributed by atoms with Gasteiger partial charge in [0.1, 0.15) is 11.5 Å². The molecular weight excluding hydrogens is 362 g/mol. The third-order valence-corrected chi connectivity index (χ3v) is 3.65. The first-order chi connectivity index (χ1) is 11.0. The number of nitrogens with one attached hydrogen (secondary N) is 2. The van der Waals surface area contributed by atoms with E-state index in [1.54, 1.807) is 25.3 Å². The number of rotatable bonds is 5. The Kier molecular flexibility index (Phi) is 5.70. The van der Waals surface area contributed by atoms with Crippen LogP contribution in [0.25, 0.3) is 0 Å². The van der Waals surface area contributed by atoms with E-state index < -0.39 is 0 Å². The van der Waals surface area contributed by atoms with E-state index in [9.17, 15) is 4.79 Å². The molecule has 2 amide bonds. The van der Waals surface area contributed by atoms with E-state index in [0.29, 0.717) is 22.9 Å². The van der Waals surface area contributed by atoms with Gasteiger partial charge in [0.2, 0.25) is 0 Å². The molecule has 0 unspecified atom stereocenters. The molecule has 23 heavy (non-hydrogen) atoms. The third-order valence-electron chi connectivity index (χ3n) is 3.15. The molecule has 0 aliphatic rings. The van der Waals surface area contributed by atoms with Gasteiger partial charge in [-0.25, -0.2) is 4.79 Å². The van der Waals surface area contributed by atoms with Crippen LogP contribution in [0.1, 0.15) is 5.56 Å². The summed E-state index contributed by atoms with van der Waals surface area (Å²) in [5.41, 5.74) is 7.78. The molecule has 0 aromatic heterocycles. The van der Waals surface area contributed by atoms with E-state index in [2.05, 4.69) is 26.6 Å². The van der Waals surface area contributed by atoms with Gasteiger partial charge in [0.05, 0.1) is 19.9 Å². The summed E-state index contributed by atoms with van der Waals surface area (Å²) in [5, 5.41) is 5.52. The number of halogens is 1.